The number of anilines is 3. The average Bonchev–Trinajstić information content (AvgIpc) is 3.19. The third-order valence-corrected chi connectivity index (χ3v) is 13.2. The Hall–Kier alpha value is -3.10. The first kappa shape index (κ1) is 39.6. The second-order valence-electron chi connectivity index (χ2n) is 15.6. The van der Waals surface area contributed by atoms with Crippen molar-refractivity contribution in [2.24, 2.45) is 0 Å². The second kappa shape index (κ2) is 19.5. The van der Waals surface area contributed by atoms with E-state index in [9.17, 15) is 4.79 Å². The van der Waals surface area contributed by atoms with Crippen LogP contribution in [0.5, 0.6) is 11.8 Å². The molecule has 0 aromatic carbocycles. The van der Waals surface area contributed by atoms with E-state index in [1.165, 1.54) is 115 Å². The van der Waals surface area contributed by atoms with Crippen LogP contribution in [0.25, 0.3) is 0 Å². The van der Waals surface area contributed by atoms with E-state index in [2.05, 4.69) is 37.0 Å². The molecule has 53 heavy (non-hydrogen) atoms. The summed E-state index contributed by atoms with van der Waals surface area (Å²) >= 11 is 1.16. The summed E-state index contributed by atoms with van der Waals surface area (Å²) in [6.07, 6.45) is 25.3. The molecule has 3 saturated carbocycles. The number of amides is 1. The van der Waals surface area contributed by atoms with E-state index in [1.807, 2.05) is 0 Å². The summed E-state index contributed by atoms with van der Waals surface area (Å²) in [5.74, 6) is 3.25. The van der Waals surface area contributed by atoms with E-state index in [4.69, 9.17) is 25.2 Å². The molecule has 12 nitrogen and oxygen atoms in total. The predicted molar refractivity (Wildman–Crippen MR) is 216 cm³/mol. The predicted octanol–water partition coefficient (Wildman–Crippen LogP) is 7.04. The van der Waals surface area contributed by atoms with Crippen molar-refractivity contribution in [1.29, 1.82) is 0 Å². The molecule has 6 rings (SSSR count). The van der Waals surface area contributed by atoms with Crippen LogP contribution in [0.3, 0.4) is 0 Å². The molecule has 0 radical (unpaired) electrons. The van der Waals surface area contributed by atoms with Crippen LogP contribution in [0.4, 0.5) is 17.6 Å². The number of piperazine rings is 1. The molecule has 0 bridgehead atoms. The monoisotopic (exact) mass is 747 g/mol. The molecule has 3 heterocycles. The number of nitrogens with one attached hydrogen (secondary N) is 2. The fourth-order valence-corrected chi connectivity index (χ4v) is 10.7. The van der Waals surface area contributed by atoms with Crippen LogP contribution in [0.1, 0.15) is 109 Å². The lowest BCUT2D eigenvalue weighted by molar-refractivity contribution is -0.111. The van der Waals surface area contributed by atoms with Gasteiger partial charge in [-0.3, -0.25) is 9.69 Å². The van der Waals surface area contributed by atoms with Gasteiger partial charge in [0.2, 0.25) is 23.6 Å². The normalized spacial score (nSPS) is 20.2. The zero-order chi connectivity index (χ0) is 37.0. The molecular formula is C39H62BN9O3S. The molecule has 0 atom stereocenters. The number of hydrogen-bond donors (Lipinski definition) is 3. The molecule has 1 amide bonds. The number of nitrogens with zero attached hydrogens (tertiary/aromatic N) is 6. The fraction of sp³-hybridized carbons (Fsp3) is 0.718. The Kier molecular flexibility index (Phi) is 14.6. The molecule has 4 fully saturated rings. The van der Waals surface area contributed by atoms with E-state index in [0.29, 0.717) is 33.2 Å². The Balaban J connectivity index is 1.02. The summed E-state index contributed by atoms with van der Waals surface area (Å²) in [5.41, 5.74) is 6.37. The van der Waals surface area contributed by atoms with Crippen LogP contribution in [0.15, 0.2) is 28.8 Å². The van der Waals surface area contributed by atoms with Gasteiger partial charge in [0.1, 0.15) is 16.5 Å². The first-order valence-corrected chi connectivity index (χ1v) is 21.2. The lowest BCUT2D eigenvalue weighted by atomic mass is 9.21. The SMILES string of the molecule is C=CC(=O)Nc1cc(N)nc(Sc2c(OC)nc(N3CCN(CCCCNC4(B(C5CCCCC5)C5CCCCC5)CCCCC4)CC3)nc2OC)n1. The van der Waals surface area contributed by atoms with Gasteiger partial charge < -0.3 is 30.7 Å². The maximum Gasteiger partial charge on any atom is 0.248 e. The van der Waals surface area contributed by atoms with E-state index in [1.54, 1.807) is 14.2 Å². The molecule has 0 unspecified atom stereocenters. The fourth-order valence-electron chi connectivity index (χ4n) is 9.78. The van der Waals surface area contributed by atoms with Gasteiger partial charge in [0.25, 0.3) is 0 Å². The zero-order valence-corrected chi connectivity index (χ0v) is 33.1. The smallest absolute Gasteiger partial charge is 0.248 e. The Morgan fingerprint density at radius 3 is 2.09 bits per heavy atom. The van der Waals surface area contributed by atoms with Crippen LogP contribution in [-0.4, -0.2) is 96.4 Å². The van der Waals surface area contributed by atoms with Gasteiger partial charge in [-0.15, -0.1) is 0 Å². The Morgan fingerprint density at radius 2 is 1.51 bits per heavy atom. The van der Waals surface area contributed by atoms with Crippen LogP contribution < -0.4 is 30.7 Å². The third-order valence-electron chi connectivity index (χ3n) is 12.3. The van der Waals surface area contributed by atoms with E-state index in [-0.39, 0.29) is 11.6 Å². The summed E-state index contributed by atoms with van der Waals surface area (Å²) in [5, 5.41) is 7.27. The van der Waals surface area contributed by atoms with Gasteiger partial charge in [-0.25, -0.2) is 9.97 Å². The first-order chi connectivity index (χ1) is 25.9. The van der Waals surface area contributed by atoms with Gasteiger partial charge in [0.05, 0.1) is 14.2 Å². The molecule has 2 aromatic heterocycles. The Bertz CT molecular complexity index is 1450. The van der Waals surface area contributed by atoms with Crippen LogP contribution >= 0.6 is 11.8 Å². The number of methoxy groups -OCH3 is 2. The lowest BCUT2D eigenvalue weighted by Crippen LogP contribution is -2.62. The minimum absolute atomic E-state index is 0.206. The van der Waals surface area contributed by atoms with Gasteiger partial charge in [0.15, 0.2) is 11.9 Å². The molecule has 0 spiro atoms. The van der Waals surface area contributed by atoms with Gasteiger partial charge in [-0.1, -0.05) is 102 Å². The maximum atomic E-state index is 11.8. The average molecular weight is 748 g/mol. The van der Waals surface area contributed by atoms with Crippen molar-refractivity contribution in [3.8, 4) is 11.8 Å². The number of rotatable bonds is 16. The second-order valence-corrected chi connectivity index (χ2v) is 16.6. The molecule has 2 aromatic rings. The molecule has 4 N–H and O–H groups in total. The quantitative estimate of drug-likeness (QED) is 0.0702. The van der Waals surface area contributed by atoms with Gasteiger partial charge >= 0.3 is 0 Å². The van der Waals surface area contributed by atoms with Crippen molar-refractivity contribution >= 4 is 42.0 Å². The number of hydrogen-bond acceptors (Lipinski definition) is 12. The standard InChI is InChI=1S/C39H62BN9O3S/c1-4-33(50)44-32-28-31(41)43-38(45-32)53-34-35(51-2)46-37(47-36(34)52-3)49-26-24-48(25-27-49)23-15-14-22-42-39(20-12-7-13-21-39)40(29-16-8-5-9-17-29)30-18-10-6-11-19-30/h4,28-30,42H,1,5-27H2,2-3H3,(H3,41,43,44,45,50). The Morgan fingerprint density at radius 1 is 0.906 bits per heavy atom. The number of carbonyl (C=O) groups is 1. The summed E-state index contributed by atoms with van der Waals surface area (Å²) in [6, 6.07) is 1.48. The molecular weight excluding hydrogens is 685 g/mol. The molecule has 3 aliphatic carbocycles. The summed E-state index contributed by atoms with van der Waals surface area (Å²) < 4.78 is 11.4. The zero-order valence-electron chi connectivity index (χ0n) is 32.3. The van der Waals surface area contributed by atoms with Crippen molar-refractivity contribution in [2.75, 3.05) is 69.4 Å². The molecule has 4 aliphatic rings. The number of aromatic nitrogens is 4. The van der Waals surface area contributed by atoms with Crippen molar-refractivity contribution in [3.63, 3.8) is 0 Å². The van der Waals surface area contributed by atoms with Crippen molar-refractivity contribution < 1.29 is 14.3 Å². The highest BCUT2D eigenvalue weighted by Crippen LogP contribution is 2.49. The first-order valence-electron chi connectivity index (χ1n) is 20.4. The topological polar surface area (TPSA) is 144 Å². The van der Waals surface area contributed by atoms with E-state index >= 15 is 0 Å². The van der Waals surface area contributed by atoms with Crippen molar-refractivity contribution in [1.82, 2.24) is 30.2 Å². The highest BCUT2D eigenvalue weighted by Gasteiger charge is 2.49. The maximum absolute atomic E-state index is 11.8. The minimum Gasteiger partial charge on any atom is -0.480 e. The van der Waals surface area contributed by atoms with Crippen molar-refractivity contribution in [2.45, 2.75) is 136 Å². The van der Waals surface area contributed by atoms with Gasteiger partial charge in [0, 0.05) is 32.2 Å². The number of carbonyl (C=O) groups excluding carboxylic acids is 1. The number of ether oxygens (including phenoxy) is 2. The third kappa shape index (κ3) is 10.4. The van der Waals surface area contributed by atoms with E-state index < -0.39 is 5.91 Å². The van der Waals surface area contributed by atoms with Crippen molar-refractivity contribution in [3.05, 3.63) is 18.7 Å². The number of unbranched alkanes of at least 4 members (excludes halogenated alkanes) is 1. The molecule has 290 valence electrons. The number of nitrogen functional groups attached to an aromatic ring is 1. The highest BCUT2D eigenvalue weighted by molar-refractivity contribution is 7.99. The molecule has 1 saturated heterocycles. The number of nitrogens with two attached hydrogens (primary N) is 1. The lowest BCUT2D eigenvalue weighted by Gasteiger charge is -2.51. The molecule has 1 aliphatic heterocycles. The van der Waals surface area contributed by atoms with Gasteiger partial charge in [-0.05, 0) is 62.0 Å². The minimum atomic E-state index is -0.394. The highest BCUT2D eigenvalue weighted by atomic mass is 32.2. The van der Waals surface area contributed by atoms with E-state index in [0.717, 1.165) is 75.5 Å². The largest absolute Gasteiger partial charge is 0.480 e. The van der Waals surface area contributed by atoms with Crippen LogP contribution in [-0.2, 0) is 4.79 Å². The van der Waals surface area contributed by atoms with Crippen LogP contribution in [0.2, 0.25) is 11.6 Å². The van der Waals surface area contributed by atoms with Crippen LogP contribution in [0, 0.1) is 0 Å². The summed E-state index contributed by atoms with van der Waals surface area (Å²) in [4.78, 5) is 35.4. The van der Waals surface area contributed by atoms with Gasteiger partial charge in [-0.2, -0.15) is 9.97 Å². The Labute approximate surface area is 321 Å². The summed E-state index contributed by atoms with van der Waals surface area (Å²) in [6.45, 7) is 10.2. The molecule has 14 heteroatoms. The summed E-state index contributed by atoms with van der Waals surface area (Å²) in [7, 11) is 3.14.